The maximum atomic E-state index is 10.9. The van der Waals surface area contributed by atoms with Crippen LogP contribution in [0.15, 0.2) is 54.6 Å². The van der Waals surface area contributed by atoms with Gasteiger partial charge in [-0.2, -0.15) is 0 Å². The smallest absolute Gasteiger partial charge is 0.335 e. The molecule has 0 saturated carbocycles. The van der Waals surface area contributed by atoms with Gasteiger partial charge in [0.1, 0.15) is 5.82 Å². The molecule has 0 radical (unpaired) electrons. The molecular weight excluding hydrogens is 266 g/mol. The Bertz CT molecular complexity index is 777. The molecule has 3 aromatic rings. The molecule has 2 aromatic carbocycles. The molecule has 0 bridgehead atoms. The van der Waals surface area contributed by atoms with Gasteiger partial charge in [0.2, 0.25) is 0 Å². The van der Waals surface area contributed by atoms with Gasteiger partial charge in [-0.15, -0.1) is 10.2 Å². The molecule has 0 saturated heterocycles. The first-order valence-corrected chi connectivity index (χ1v) is 6.48. The Hall–Kier alpha value is -2.95. The van der Waals surface area contributed by atoms with Crippen molar-refractivity contribution < 1.29 is 9.90 Å². The van der Waals surface area contributed by atoms with Crippen LogP contribution in [0, 0.1) is 6.92 Å². The van der Waals surface area contributed by atoms with Crippen LogP contribution in [-0.2, 0) is 0 Å². The van der Waals surface area contributed by atoms with E-state index >= 15 is 0 Å². The van der Waals surface area contributed by atoms with Crippen LogP contribution in [0.5, 0.6) is 0 Å². The lowest BCUT2D eigenvalue weighted by Crippen LogP contribution is -2.00. The van der Waals surface area contributed by atoms with Crippen molar-refractivity contribution in [3.63, 3.8) is 0 Å². The topological polar surface area (TPSA) is 68.0 Å². The standard InChI is InChI=1S/C16H13N3O2/c1-11-17-18-15(19(11)14-5-3-2-4-6-14)12-7-9-13(10-8-12)16(20)21/h2-10H,1H3,(H,20,21). The molecule has 21 heavy (non-hydrogen) atoms. The highest BCUT2D eigenvalue weighted by Gasteiger charge is 2.13. The Balaban J connectivity index is 2.10. The summed E-state index contributed by atoms with van der Waals surface area (Å²) in [6.07, 6.45) is 0. The fourth-order valence-corrected chi connectivity index (χ4v) is 2.20. The third kappa shape index (κ3) is 2.41. The Morgan fingerprint density at radius 2 is 1.67 bits per heavy atom. The van der Waals surface area contributed by atoms with Gasteiger partial charge in [-0.3, -0.25) is 4.57 Å². The molecule has 0 unspecified atom stereocenters. The summed E-state index contributed by atoms with van der Waals surface area (Å²) in [5.74, 6) is 0.524. The summed E-state index contributed by atoms with van der Waals surface area (Å²) in [5, 5.41) is 17.3. The first kappa shape index (κ1) is 13.1. The molecule has 0 aliphatic rings. The van der Waals surface area contributed by atoms with Crippen LogP contribution >= 0.6 is 0 Å². The van der Waals surface area contributed by atoms with Gasteiger partial charge in [0, 0.05) is 11.3 Å². The van der Waals surface area contributed by atoms with Gasteiger partial charge in [-0.1, -0.05) is 30.3 Å². The van der Waals surface area contributed by atoms with Gasteiger partial charge in [0.25, 0.3) is 0 Å². The fraction of sp³-hybridized carbons (Fsp3) is 0.0625. The van der Waals surface area contributed by atoms with Crippen LogP contribution in [0.25, 0.3) is 17.1 Å². The number of aromatic nitrogens is 3. The molecule has 0 atom stereocenters. The minimum atomic E-state index is -0.942. The number of carboxylic acid groups (broad SMARTS) is 1. The van der Waals surface area contributed by atoms with Crippen molar-refractivity contribution in [1.82, 2.24) is 14.8 Å². The summed E-state index contributed by atoms with van der Waals surface area (Å²) in [6, 6.07) is 16.4. The number of rotatable bonds is 3. The summed E-state index contributed by atoms with van der Waals surface area (Å²) in [7, 11) is 0. The highest BCUT2D eigenvalue weighted by atomic mass is 16.4. The summed E-state index contributed by atoms with van der Waals surface area (Å²) < 4.78 is 1.94. The lowest BCUT2D eigenvalue weighted by molar-refractivity contribution is 0.0697. The minimum absolute atomic E-state index is 0.251. The molecule has 0 aliphatic heterocycles. The second-order valence-electron chi connectivity index (χ2n) is 4.62. The molecule has 1 heterocycles. The zero-order chi connectivity index (χ0) is 14.8. The van der Waals surface area contributed by atoms with E-state index in [2.05, 4.69) is 10.2 Å². The third-order valence-electron chi connectivity index (χ3n) is 3.23. The van der Waals surface area contributed by atoms with E-state index in [9.17, 15) is 4.79 Å². The van der Waals surface area contributed by atoms with Crippen LogP contribution in [-0.4, -0.2) is 25.8 Å². The number of aryl methyl sites for hydroxylation is 1. The van der Waals surface area contributed by atoms with E-state index in [1.165, 1.54) is 0 Å². The SMILES string of the molecule is Cc1nnc(-c2ccc(C(=O)O)cc2)n1-c1ccccc1. The summed E-state index contributed by atoms with van der Waals surface area (Å²) >= 11 is 0. The van der Waals surface area contributed by atoms with Crippen molar-refractivity contribution in [3.8, 4) is 17.1 Å². The monoisotopic (exact) mass is 279 g/mol. The number of hydrogen-bond donors (Lipinski definition) is 1. The lowest BCUT2D eigenvalue weighted by Gasteiger charge is -2.08. The van der Waals surface area contributed by atoms with Gasteiger partial charge in [-0.05, 0) is 31.2 Å². The minimum Gasteiger partial charge on any atom is -0.478 e. The van der Waals surface area contributed by atoms with Gasteiger partial charge >= 0.3 is 5.97 Å². The zero-order valence-corrected chi connectivity index (χ0v) is 11.4. The highest BCUT2D eigenvalue weighted by molar-refractivity contribution is 5.88. The molecule has 3 rings (SSSR count). The van der Waals surface area contributed by atoms with E-state index in [-0.39, 0.29) is 5.56 Å². The molecule has 0 amide bonds. The Morgan fingerprint density at radius 3 is 2.29 bits per heavy atom. The number of para-hydroxylation sites is 1. The van der Waals surface area contributed by atoms with Crippen LogP contribution in [0.1, 0.15) is 16.2 Å². The maximum Gasteiger partial charge on any atom is 0.335 e. The predicted octanol–water partition coefficient (Wildman–Crippen LogP) is 2.94. The van der Waals surface area contributed by atoms with Crippen molar-refractivity contribution in [2.45, 2.75) is 6.92 Å². The third-order valence-corrected chi connectivity index (χ3v) is 3.23. The van der Waals surface area contributed by atoms with Crippen molar-refractivity contribution in [2.24, 2.45) is 0 Å². The molecule has 5 heteroatoms. The summed E-state index contributed by atoms with van der Waals surface area (Å²) in [4.78, 5) is 10.9. The molecule has 104 valence electrons. The fourth-order valence-electron chi connectivity index (χ4n) is 2.20. The van der Waals surface area contributed by atoms with Crippen LogP contribution in [0.2, 0.25) is 0 Å². The van der Waals surface area contributed by atoms with Crippen molar-refractivity contribution in [2.75, 3.05) is 0 Å². The summed E-state index contributed by atoms with van der Waals surface area (Å²) in [5.41, 5.74) is 2.04. The van der Waals surface area contributed by atoms with E-state index in [0.29, 0.717) is 5.82 Å². The Labute approximate surface area is 121 Å². The molecule has 0 fully saturated rings. The first-order valence-electron chi connectivity index (χ1n) is 6.48. The first-order chi connectivity index (χ1) is 10.2. The largest absolute Gasteiger partial charge is 0.478 e. The number of nitrogens with zero attached hydrogens (tertiary/aromatic N) is 3. The van der Waals surface area contributed by atoms with E-state index in [4.69, 9.17) is 5.11 Å². The Kier molecular flexibility index (Phi) is 3.23. The second kappa shape index (κ2) is 5.20. The van der Waals surface area contributed by atoms with Crippen molar-refractivity contribution in [1.29, 1.82) is 0 Å². The molecule has 0 spiro atoms. The normalized spacial score (nSPS) is 10.5. The van der Waals surface area contributed by atoms with E-state index in [1.807, 2.05) is 41.8 Å². The maximum absolute atomic E-state index is 10.9. The molecule has 1 aromatic heterocycles. The quantitative estimate of drug-likeness (QED) is 0.800. The molecule has 5 nitrogen and oxygen atoms in total. The number of aromatic carboxylic acids is 1. The molecule has 0 aliphatic carbocycles. The average Bonchev–Trinajstić information content (AvgIpc) is 2.90. The zero-order valence-electron chi connectivity index (χ0n) is 11.4. The molecule has 1 N–H and O–H groups in total. The second-order valence-corrected chi connectivity index (χ2v) is 4.62. The van der Waals surface area contributed by atoms with Crippen LogP contribution < -0.4 is 0 Å². The predicted molar refractivity (Wildman–Crippen MR) is 78.5 cm³/mol. The van der Waals surface area contributed by atoms with Crippen LogP contribution in [0.4, 0.5) is 0 Å². The lowest BCUT2D eigenvalue weighted by atomic mass is 10.1. The van der Waals surface area contributed by atoms with E-state index < -0.39 is 5.97 Å². The number of hydrogen-bond acceptors (Lipinski definition) is 3. The number of carboxylic acids is 1. The van der Waals surface area contributed by atoms with Crippen molar-refractivity contribution in [3.05, 3.63) is 66.0 Å². The van der Waals surface area contributed by atoms with Crippen LogP contribution in [0.3, 0.4) is 0 Å². The summed E-state index contributed by atoms with van der Waals surface area (Å²) in [6.45, 7) is 1.88. The van der Waals surface area contributed by atoms with E-state index in [0.717, 1.165) is 17.1 Å². The average molecular weight is 279 g/mol. The number of benzene rings is 2. The molecular formula is C16H13N3O2. The van der Waals surface area contributed by atoms with Gasteiger partial charge in [0.15, 0.2) is 5.82 Å². The van der Waals surface area contributed by atoms with E-state index in [1.54, 1.807) is 24.3 Å². The van der Waals surface area contributed by atoms with Gasteiger partial charge in [-0.25, -0.2) is 4.79 Å². The van der Waals surface area contributed by atoms with Gasteiger partial charge in [0.05, 0.1) is 5.56 Å². The van der Waals surface area contributed by atoms with Crippen molar-refractivity contribution >= 4 is 5.97 Å². The number of carbonyl (C=O) groups is 1. The Morgan fingerprint density at radius 1 is 1.00 bits per heavy atom. The van der Waals surface area contributed by atoms with Gasteiger partial charge < -0.3 is 5.11 Å². The highest BCUT2D eigenvalue weighted by Crippen LogP contribution is 2.22.